The van der Waals surface area contributed by atoms with Crippen LogP contribution in [0, 0.1) is 0 Å². The van der Waals surface area contributed by atoms with Crippen LogP contribution >= 0.6 is 0 Å². The van der Waals surface area contributed by atoms with Crippen molar-refractivity contribution in [1.29, 1.82) is 0 Å². The lowest BCUT2D eigenvalue weighted by atomic mass is 10.1. The van der Waals surface area contributed by atoms with Gasteiger partial charge in [-0.25, -0.2) is 0 Å². The lowest BCUT2D eigenvalue weighted by molar-refractivity contribution is 0.262. The summed E-state index contributed by atoms with van der Waals surface area (Å²) in [7, 11) is 0. The van der Waals surface area contributed by atoms with Gasteiger partial charge in [-0.15, -0.1) is 0 Å². The Bertz CT molecular complexity index is 218. The van der Waals surface area contributed by atoms with Crippen LogP contribution in [0.15, 0.2) is 29.1 Å². The highest BCUT2D eigenvalue weighted by Crippen LogP contribution is 2.14. The van der Waals surface area contributed by atoms with E-state index in [9.17, 15) is 0 Å². The van der Waals surface area contributed by atoms with Crippen LogP contribution in [0.25, 0.3) is 0 Å². The molecule has 2 aliphatic heterocycles. The average molecular weight is 136 g/mol. The normalized spacial score (nSPS) is 28.0. The van der Waals surface area contributed by atoms with Gasteiger partial charge < -0.3 is 10.1 Å². The van der Waals surface area contributed by atoms with Crippen LogP contribution in [0.3, 0.4) is 0 Å². The number of nitrogens with zero attached hydrogens (tertiary/aromatic N) is 1. The zero-order valence-corrected chi connectivity index (χ0v) is 5.45. The molecule has 0 fully saturated rings. The zero-order valence-electron chi connectivity index (χ0n) is 5.45. The molecule has 0 spiro atoms. The van der Waals surface area contributed by atoms with E-state index in [1.807, 2.05) is 12.3 Å². The van der Waals surface area contributed by atoms with Crippen molar-refractivity contribution >= 4 is 6.34 Å². The van der Waals surface area contributed by atoms with E-state index >= 15 is 0 Å². The molecule has 0 aromatic heterocycles. The highest BCUT2D eigenvalue weighted by atomic mass is 16.5. The van der Waals surface area contributed by atoms with Crippen LogP contribution < -0.4 is 5.32 Å². The first kappa shape index (κ1) is 5.53. The minimum atomic E-state index is 0.218. The first-order chi connectivity index (χ1) is 4.97. The number of aliphatic imine (C=N–C) groups is 1. The maximum absolute atomic E-state index is 5.08. The van der Waals surface area contributed by atoms with Gasteiger partial charge in [0.25, 0.3) is 0 Å². The van der Waals surface area contributed by atoms with Gasteiger partial charge in [0.15, 0.2) is 0 Å². The SMILES string of the molecule is C1=CC2N=CNC=C2CO1. The van der Waals surface area contributed by atoms with Crippen LogP contribution in [0.1, 0.15) is 0 Å². The van der Waals surface area contributed by atoms with Crippen LogP contribution in [-0.2, 0) is 4.74 Å². The lowest BCUT2D eigenvalue weighted by Gasteiger charge is -2.19. The highest BCUT2D eigenvalue weighted by Gasteiger charge is 2.14. The largest absolute Gasteiger partial charge is 0.497 e. The Hall–Kier alpha value is -1.25. The van der Waals surface area contributed by atoms with Crippen molar-refractivity contribution in [3.63, 3.8) is 0 Å². The Morgan fingerprint density at radius 1 is 1.70 bits per heavy atom. The van der Waals surface area contributed by atoms with Crippen LogP contribution in [0.4, 0.5) is 0 Å². The van der Waals surface area contributed by atoms with Crippen molar-refractivity contribution in [1.82, 2.24) is 5.32 Å². The van der Waals surface area contributed by atoms with Gasteiger partial charge in [0.2, 0.25) is 0 Å². The molecule has 1 unspecified atom stereocenters. The lowest BCUT2D eigenvalue weighted by Crippen LogP contribution is -2.22. The predicted molar refractivity (Wildman–Crippen MR) is 38.6 cm³/mol. The van der Waals surface area contributed by atoms with Crippen LogP contribution in [0.5, 0.6) is 0 Å². The van der Waals surface area contributed by atoms with E-state index in [0.717, 1.165) is 0 Å². The van der Waals surface area contributed by atoms with Gasteiger partial charge in [0.05, 0.1) is 18.6 Å². The minimum absolute atomic E-state index is 0.218. The fraction of sp³-hybridized carbons (Fsp3) is 0.286. The quantitative estimate of drug-likeness (QED) is 0.523. The fourth-order valence-corrected chi connectivity index (χ4v) is 1.02. The maximum atomic E-state index is 5.08. The molecule has 1 N–H and O–H groups in total. The molecule has 52 valence electrons. The van der Waals surface area contributed by atoms with E-state index < -0.39 is 0 Å². The third-order valence-corrected chi connectivity index (χ3v) is 1.57. The Kier molecular flexibility index (Phi) is 1.20. The van der Waals surface area contributed by atoms with Gasteiger partial charge in [-0.1, -0.05) is 0 Å². The molecule has 2 rings (SSSR count). The Balaban J connectivity index is 2.26. The Morgan fingerprint density at radius 3 is 3.60 bits per heavy atom. The molecular weight excluding hydrogens is 128 g/mol. The van der Waals surface area contributed by atoms with E-state index in [-0.39, 0.29) is 6.04 Å². The van der Waals surface area contributed by atoms with E-state index in [1.54, 1.807) is 12.6 Å². The van der Waals surface area contributed by atoms with Crippen LogP contribution in [0.2, 0.25) is 0 Å². The summed E-state index contributed by atoms with van der Waals surface area (Å²) in [6.45, 7) is 0.658. The van der Waals surface area contributed by atoms with Crippen molar-refractivity contribution in [2.45, 2.75) is 6.04 Å². The fourth-order valence-electron chi connectivity index (χ4n) is 1.02. The number of hydrogen-bond donors (Lipinski definition) is 1. The molecule has 0 aromatic carbocycles. The molecule has 0 saturated heterocycles. The van der Waals surface area contributed by atoms with Crippen LogP contribution in [-0.4, -0.2) is 19.0 Å². The first-order valence-corrected chi connectivity index (χ1v) is 3.22. The van der Waals surface area contributed by atoms with Gasteiger partial charge in [-0.3, -0.25) is 4.99 Å². The summed E-state index contributed by atoms with van der Waals surface area (Å²) in [6, 6.07) is 0.218. The first-order valence-electron chi connectivity index (χ1n) is 3.22. The molecule has 0 aliphatic carbocycles. The number of nitrogens with one attached hydrogen (secondary N) is 1. The van der Waals surface area contributed by atoms with Gasteiger partial charge in [-0.2, -0.15) is 0 Å². The van der Waals surface area contributed by atoms with Gasteiger partial charge in [0, 0.05) is 11.8 Å². The van der Waals surface area contributed by atoms with Crippen molar-refractivity contribution in [2.75, 3.05) is 6.61 Å². The highest BCUT2D eigenvalue weighted by molar-refractivity contribution is 5.59. The molecule has 1 atom stereocenters. The molecular formula is C7H8N2O. The Labute approximate surface area is 59.1 Å². The molecule has 10 heavy (non-hydrogen) atoms. The van der Waals surface area contributed by atoms with Gasteiger partial charge in [-0.05, 0) is 6.08 Å². The molecule has 0 bridgehead atoms. The van der Waals surface area contributed by atoms with Crippen molar-refractivity contribution in [2.24, 2.45) is 4.99 Å². The number of rotatable bonds is 0. The number of ether oxygens (including phenoxy) is 1. The maximum Gasteiger partial charge on any atom is 0.112 e. The molecule has 0 radical (unpaired) electrons. The molecule has 3 heteroatoms. The third kappa shape index (κ3) is 0.795. The van der Waals surface area contributed by atoms with E-state index in [4.69, 9.17) is 4.74 Å². The topological polar surface area (TPSA) is 33.6 Å². The smallest absolute Gasteiger partial charge is 0.112 e. The standard InChI is InChI=1S/C7H8N2O/c1-2-10-4-6-3-8-5-9-7(1)6/h1-3,5,7H,4H2,(H,8,9). The second-order valence-corrected chi connectivity index (χ2v) is 2.25. The van der Waals surface area contributed by atoms with E-state index in [2.05, 4.69) is 10.3 Å². The summed E-state index contributed by atoms with van der Waals surface area (Å²) in [5.41, 5.74) is 1.19. The summed E-state index contributed by atoms with van der Waals surface area (Å²) < 4.78 is 5.08. The second kappa shape index (κ2) is 2.17. The number of fused-ring (bicyclic) bond motifs is 1. The van der Waals surface area contributed by atoms with Gasteiger partial charge >= 0.3 is 0 Å². The summed E-state index contributed by atoms with van der Waals surface area (Å²) in [4.78, 5) is 4.18. The van der Waals surface area contributed by atoms with Crippen molar-refractivity contribution in [3.8, 4) is 0 Å². The Morgan fingerprint density at radius 2 is 2.70 bits per heavy atom. The summed E-state index contributed by atoms with van der Waals surface area (Å²) >= 11 is 0. The molecule has 0 amide bonds. The second-order valence-electron chi connectivity index (χ2n) is 2.25. The molecule has 0 aromatic rings. The monoisotopic (exact) mass is 136 g/mol. The summed E-state index contributed by atoms with van der Waals surface area (Å²) in [5, 5.41) is 2.92. The summed E-state index contributed by atoms with van der Waals surface area (Å²) in [6.07, 6.45) is 7.27. The van der Waals surface area contributed by atoms with Crippen molar-refractivity contribution in [3.05, 3.63) is 24.1 Å². The average Bonchev–Trinajstić information content (AvgIpc) is 2.05. The van der Waals surface area contributed by atoms with Crippen molar-refractivity contribution < 1.29 is 4.74 Å². The third-order valence-electron chi connectivity index (χ3n) is 1.57. The molecule has 3 nitrogen and oxygen atoms in total. The van der Waals surface area contributed by atoms with E-state index in [1.165, 1.54) is 5.57 Å². The molecule has 2 aliphatic rings. The molecule has 0 saturated carbocycles. The zero-order chi connectivity index (χ0) is 6.81. The molecule has 2 heterocycles. The minimum Gasteiger partial charge on any atom is -0.497 e. The number of hydrogen-bond acceptors (Lipinski definition) is 3. The van der Waals surface area contributed by atoms with E-state index in [0.29, 0.717) is 6.61 Å². The van der Waals surface area contributed by atoms with Gasteiger partial charge in [0.1, 0.15) is 6.61 Å². The predicted octanol–water partition coefficient (Wildman–Crippen LogP) is 0.414. The summed E-state index contributed by atoms with van der Waals surface area (Å²) in [5.74, 6) is 0.